The molecule has 2 aromatic heterocycles. The van der Waals surface area contributed by atoms with E-state index in [0.717, 1.165) is 60.6 Å². The molecule has 0 aliphatic carbocycles. The second-order valence-electron chi connectivity index (χ2n) is 8.32. The Morgan fingerprint density at radius 3 is 2.87 bits per heavy atom. The molecule has 30 heavy (non-hydrogen) atoms. The summed E-state index contributed by atoms with van der Waals surface area (Å²) in [4.78, 5) is 19.9. The predicted molar refractivity (Wildman–Crippen MR) is 119 cm³/mol. The van der Waals surface area contributed by atoms with E-state index in [1.165, 1.54) is 5.56 Å². The van der Waals surface area contributed by atoms with E-state index in [1.54, 1.807) is 0 Å². The molecule has 1 fully saturated rings. The van der Waals surface area contributed by atoms with E-state index >= 15 is 0 Å². The summed E-state index contributed by atoms with van der Waals surface area (Å²) in [6.07, 6.45) is 5.21. The van der Waals surface area contributed by atoms with Crippen LogP contribution in [0.25, 0.3) is 11.0 Å². The highest BCUT2D eigenvalue weighted by Gasteiger charge is 2.28. The van der Waals surface area contributed by atoms with Gasteiger partial charge in [0, 0.05) is 38.2 Å². The van der Waals surface area contributed by atoms with Gasteiger partial charge in [0.05, 0.1) is 23.3 Å². The van der Waals surface area contributed by atoms with Crippen molar-refractivity contribution in [2.45, 2.75) is 52.0 Å². The van der Waals surface area contributed by atoms with Gasteiger partial charge in [-0.1, -0.05) is 18.2 Å². The lowest BCUT2D eigenvalue weighted by Gasteiger charge is -2.32. The van der Waals surface area contributed by atoms with Crippen LogP contribution in [0.1, 0.15) is 48.0 Å². The molecule has 0 radical (unpaired) electrons. The Morgan fingerprint density at radius 1 is 1.30 bits per heavy atom. The number of fused-ring (bicyclic) bond motifs is 1. The van der Waals surface area contributed by atoms with Crippen LogP contribution in [-0.4, -0.2) is 43.2 Å². The molecular formula is C24H31N5O. The molecule has 1 aromatic carbocycles. The molecule has 4 rings (SSSR count). The Morgan fingerprint density at radius 2 is 2.10 bits per heavy atom. The molecule has 0 N–H and O–H groups in total. The first kappa shape index (κ1) is 20.4. The fraction of sp³-hybridized carbons (Fsp3) is 0.458. The first-order chi connectivity index (χ1) is 14.5. The van der Waals surface area contributed by atoms with Crippen LogP contribution in [0.5, 0.6) is 0 Å². The third-order valence-electron chi connectivity index (χ3n) is 6.38. The number of aryl methyl sites for hydroxylation is 2. The summed E-state index contributed by atoms with van der Waals surface area (Å²) in [5.41, 5.74) is 5.52. The maximum absolute atomic E-state index is 13.0. The lowest BCUT2D eigenvalue weighted by atomic mass is 9.96. The van der Waals surface area contributed by atoms with Crippen molar-refractivity contribution in [3.8, 4) is 0 Å². The molecule has 3 aromatic rings. The van der Waals surface area contributed by atoms with Crippen LogP contribution in [0.3, 0.4) is 0 Å². The summed E-state index contributed by atoms with van der Waals surface area (Å²) in [5, 5.41) is 4.58. The highest BCUT2D eigenvalue weighted by atomic mass is 16.2. The van der Waals surface area contributed by atoms with E-state index in [2.05, 4.69) is 42.3 Å². The molecule has 3 heterocycles. The summed E-state index contributed by atoms with van der Waals surface area (Å²) in [7, 11) is 2.08. The highest BCUT2D eigenvalue weighted by Crippen LogP contribution is 2.29. The number of carbonyl (C=O) groups is 1. The number of hydrogen-bond donors (Lipinski definition) is 0. The van der Waals surface area contributed by atoms with Gasteiger partial charge in [-0.15, -0.1) is 6.58 Å². The molecule has 0 saturated carbocycles. The van der Waals surface area contributed by atoms with Crippen LogP contribution in [-0.2, 0) is 24.8 Å². The molecule has 1 aliphatic heterocycles. The van der Waals surface area contributed by atoms with Crippen molar-refractivity contribution >= 4 is 16.9 Å². The summed E-state index contributed by atoms with van der Waals surface area (Å²) in [6.45, 7) is 10.2. The van der Waals surface area contributed by atoms with Gasteiger partial charge in [0.25, 0.3) is 0 Å². The number of benzene rings is 1. The largest absolute Gasteiger partial charge is 0.342 e. The van der Waals surface area contributed by atoms with Crippen molar-refractivity contribution < 1.29 is 4.79 Å². The summed E-state index contributed by atoms with van der Waals surface area (Å²) >= 11 is 0. The molecule has 1 amide bonds. The van der Waals surface area contributed by atoms with Crippen molar-refractivity contribution in [2.75, 3.05) is 13.1 Å². The Hall–Kier alpha value is -2.89. The van der Waals surface area contributed by atoms with Gasteiger partial charge < -0.3 is 9.47 Å². The maximum Gasteiger partial charge on any atom is 0.222 e. The fourth-order valence-electron chi connectivity index (χ4n) is 4.73. The van der Waals surface area contributed by atoms with Crippen molar-refractivity contribution in [3.05, 3.63) is 59.7 Å². The van der Waals surface area contributed by atoms with Gasteiger partial charge in [-0.05, 0) is 50.8 Å². The summed E-state index contributed by atoms with van der Waals surface area (Å²) in [5.74, 6) is 1.61. The molecular weight excluding hydrogens is 374 g/mol. The Kier molecular flexibility index (Phi) is 5.75. The standard InChI is InChI=1S/C24H31N5O/c1-5-14-29-18(3)20(17(2)26-29)12-13-23(30)28-15-8-9-19(16-28)24-25-21-10-6-7-11-22(21)27(24)4/h5-7,10-11,19H,1,8-9,12-16H2,2-4H3. The van der Waals surface area contributed by atoms with E-state index in [1.807, 2.05) is 34.7 Å². The zero-order valence-corrected chi connectivity index (χ0v) is 18.3. The van der Waals surface area contributed by atoms with Crippen LogP contribution in [0.4, 0.5) is 0 Å². The van der Waals surface area contributed by atoms with Crippen LogP contribution >= 0.6 is 0 Å². The zero-order chi connectivity index (χ0) is 21.3. The topological polar surface area (TPSA) is 56.0 Å². The van der Waals surface area contributed by atoms with E-state index in [0.29, 0.717) is 18.9 Å². The van der Waals surface area contributed by atoms with E-state index in [-0.39, 0.29) is 5.91 Å². The average molecular weight is 406 g/mol. The van der Waals surface area contributed by atoms with Gasteiger partial charge in [-0.2, -0.15) is 5.10 Å². The summed E-state index contributed by atoms with van der Waals surface area (Å²) in [6, 6.07) is 8.24. The number of piperidine rings is 1. The number of imidazole rings is 1. The molecule has 6 nitrogen and oxygen atoms in total. The SMILES string of the molecule is C=CCn1nc(C)c(CCC(=O)N2CCCC(c3nc4ccccc4n3C)C2)c1C. The third kappa shape index (κ3) is 3.78. The van der Waals surface area contributed by atoms with E-state index in [9.17, 15) is 4.79 Å². The summed E-state index contributed by atoms with van der Waals surface area (Å²) < 4.78 is 4.15. The van der Waals surface area contributed by atoms with Crippen molar-refractivity contribution in [2.24, 2.45) is 7.05 Å². The second-order valence-corrected chi connectivity index (χ2v) is 8.32. The average Bonchev–Trinajstić information content (AvgIpc) is 3.23. The molecule has 0 spiro atoms. The smallest absolute Gasteiger partial charge is 0.222 e. The first-order valence-electron chi connectivity index (χ1n) is 10.8. The van der Waals surface area contributed by atoms with Gasteiger partial charge in [0.15, 0.2) is 0 Å². The lowest BCUT2D eigenvalue weighted by molar-refractivity contribution is -0.132. The van der Waals surface area contributed by atoms with Crippen molar-refractivity contribution in [1.82, 2.24) is 24.2 Å². The van der Waals surface area contributed by atoms with Gasteiger partial charge in [-0.3, -0.25) is 9.48 Å². The predicted octanol–water partition coefficient (Wildman–Crippen LogP) is 3.91. The van der Waals surface area contributed by atoms with E-state index < -0.39 is 0 Å². The first-order valence-corrected chi connectivity index (χ1v) is 10.8. The van der Waals surface area contributed by atoms with Crippen LogP contribution in [0, 0.1) is 13.8 Å². The number of likely N-dealkylation sites (tertiary alicyclic amines) is 1. The van der Waals surface area contributed by atoms with Crippen LogP contribution < -0.4 is 0 Å². The number of nitrogens with zero attached hydrogens (tertiary/aromatic N) is 5. The maximum atomic E-state index is 13.0. The molecule has 158 valence electrons. The molecule has 1 atom stereocenters. The monoisotopic (exact) mass is 405 g/mol. The van der Waals surface area contributed by atoms with Crippen molar-refractivity contribution in [1.29, 1.82) is 0 Å². The minimum absolute atomic E-state index is 0.230. The Labute approximate surface area is 178 Å². The Bertz CT molecular complexity index is 1080. The fourth-order valence-corrected chi connectivity index (χ4v) is 4.73. The van der Waals surface area contributed by atoms with Crippen molar-refractivity contribution in [3.63, 3.8) is 0 Å². The normalized spacial score (nSPS) is 16.9. The number of amides is 1. The minimum atomic E-state index is 0.230. The minimum Gasteiger partial charge on any atom is -0.342 e. The molecule has 0 bridgehead atoms. The highest BCUT2D eigenvalue weighted by molar-refractivity contribution is 5.77. The second kappa shape index (κ2) is 8.46. The molecule has 1 aliphatic rings. The number of carbonyl (C=O) groups excluding carboxylic acids is 1. The molecule has 6 heteroatoms. The van der Waals surface area contributed by atoms with Gasteiger partial charge in [-0.25, -0.2) is 4.98 Å². The van der Waals surface area contributed by atoms with E-state index in [4.69, 9.17) is 4.98 Å². The molecule has 1 saturated heterocycles. The van der Waals surface area contributed by atoms with Crippen LogP contribution in [0.15, 0.2) is 36.9 Å². The van der Waals surface area contributed by atoms with Gasteiger partial charge >= 0.3 is 0 Å². The Balaban J connectivity index is 1.44. The van der Waals surface area contributed by atoms with Gasteiger partial charge in [0.1, 0.15) is 5.82 Å². The lowest BCUT2D eigenvalue weighted by Crippen LogP contribution is -2.39. The van der Waals surface area contributed by atoms with Crippen LogP contribution in [0.2, 0.25) is 0 Å². The van der Waals surface area contributed by atoms with Gasteiger partial charge in [0.2, 0.25) is 5.91 Å². The number of para-hydroxylation sites is 2. The number of rotatable bonds is 6. The molecule has 1 unspecified atom stereocenters. The quantitative estimate of drug-likeness (QED) is 0.584. The third-order valence-corrected chi connectivity index (χ3v) is 6.38. The number of hydrogen-bond acceptors (Lipinski definition) is 3. The zero-order valence-electron chi connectivity index (χ0n) is 18.3. The number of allylic oxidation sites excluding steroid dienone is 1. The number of aromatic nitrogens is 4.